The second kappa shape index (κ2) is 50.3. The highest BCUT2D eigenvalue weighted by molar-refractivity contribution is 7.92. The van der Waals surface area contributed by atoms with Crippen molar-refractivity contribution in [3.63, 3.8) is 0 Å². The maximum atomic E-state index is 15.6. The highest BCUT2D eigenvalue weighted by Gasteiger charge is 2.39. The molecule has 2 aromatic carbocycles. The number of anilines is 2. The fourth-order valence-corrected chi connectivity index (χ4v) is 14.5. The van der Waals surface area contributed by atoms with Crippen LogP contribution in [0.15, 0.2) is 19.6 Å². The topological polar surface area (TPSA) is 391 Å². The first-order valence-corrected chi connectivity index (χ1v) is 40.3. The van der Waals surface area contributed by atoms with Crippen LogP contribution in [-0.2, 0) is 111 Å². The molecule has 8 N–H and O–H groups in total. The SMILES string of the molecule is NS(=O)(=O)c1c(F)c(F)c(S(=O)(=O)CCNC(=O)CCOCCOCCOCCOCCOCCOCCOCCOCCOCCOCCOCCOCCOCCC(=O)NCCS(=O)(=O)c2c(F)c(F)c(S(N)(=O)=O)c(F)c2NC2CCCCCCC2)c(NC2CCCCCCC2)c1F. The Kier molecular flexibility index (Phi) is 44.4. The van der Waals surface area contributed by atoms with Gasteiger partial charge in [0, 0.05) is 38.0 Å². The lowest BCUT2D eigenvalue weighted by molar-refractivity contribution is -0.123. The minimum atomic E-state index is -5.13. The molecule has 0 bridgehead atoms. The van der Waals surface area contributed by atoms with Gasteiger partial charge in [0.05, 0.1) is 195 Å². The van der Waals surface area contributed by atoms with Gasteiger partial charge in [-0.15, -0.1) is 0 Å². The van der Waals surface area contributed by atoms with E-state index in [-0.39, 0.29) is 65.7 Å². The zero-order valence-electron chi connectivity index (χ0n) is 57.1. The third-order valence-electron chi connectivity index (χ3n) is 15.4. The predicted molar refractivity (Wildman–Crippen MR) is 355 cm³/mol. The number of nitrogens with one attached hydrogen (secondary N) is 4. The summed E-state index contributed by atoms with van der Waals surface area (Å²) in [4.78, 5) is 18.4. The van der Waals surface area contributed by atoms with E-state index in [1.165, 1.54) is 0 Å². The first-order valence-electron chi connectivity index (χ1n) is 33.9. The molecule has 0 radical (unpaired) electrons. The van der Waals surface area contributed by atoms with Gasteiger partial charge in [0.1, 0.15) is 9.79 Å². The zero-order chi connectivity index (χ0) is 73.8. The van der Waals surface area contributed by atoms with Gasteiger partial charge < -0.3 is 82.8 Å². The number of sulfone groups is 2. The molecule has 2 aliphatic rings. The Balaban J connectivity index is 0.842. The van der Waals surface area contributed by atoms with E-state index in [0.29, 0.717) is 170 Å². The second-order valence-electron chi connectivity index (χ2n) is 23.2. The standard InChI is InChI=1S/C62H102F6N6O23S4/c63-51-53(65)61(57(55(67)59(51)100(69,81)82)73-47-11-7-3-1-4-8-12-47)98(77,78)45-17-71-49(75)15-19-85-21-23-87-25-27-89-29-31-91-33-35-93-37-39-95-41-43-97-44-42-96-40-38-94-36-34-92-32-30-90-28-26-88-24-22-86-20-16-50(76)72-18-46-99(79,80)62-54(66)52(64)60(101(70,83)84)56(68)58(62)74-48-13-9-5-2-6-10-14-48/h47-48,73-74H,1-46H2,(H,71,75)(H,72,76)(H2,69,81,82)(H2,70,83,84). The molecule has 0 aromatic heterocycles. The molecule has 584 valence electrons. The molecule has 2 aliphatic carbocycles. The summed E-state index contributed by atoms with van der Waals surface area (Å²) < 4.78 is 264. The molecule has 2 fully saturated rings. The molecule has 101 heavy (non-hydrogen) atoms. The van der Waals surface area contributed by atoms with Gasteiger partial charge in [0.25, 0.3) is 0 Å². The summed E-state index contributed by atoms with van der Waals surface area (Å²) in [6.45, 7) is 6.59. The van der Waals surface area contributed by atoms with E-state index in [4.69, 9.17) is 71.9 Å². The highest BCUT2D eigenvalue weighted by Crippen LogP contribution is 2.39. The molecule has 2 aromatic rings. The van der Waals surface area contributed by atoms with Crippen molar-refractivity contribution in [2.24, 2.45) is 10.3 Å². The Bertz CT molecular complexity index is 2990. The van der Waals surface area contributed by atoms with Gasteiger partial charge >= 0.3 is 0 Å². The number of amides is 2. The number of benzene rings is 2. The minimum Gasteiger partial charge on any atom is -0.379 e. The largest absolute Gasteiger partial charge is 0.379 e. The van der Waals surface area contributed by atoms with Gasteiger partial charge in [0.15, 0.2) is 64.4 Å². The van der Waals surface area contributed by atoms with E-state index >= 15 is 17.6 Å². The lowest BCUT2D eigenvalue weighted by atomic mass is 9.96. The fraction of sp³-hybridized carbons (Fsp3) is 0.774. The fourth-order valence-electron chi connectivity index (χ4n) is 10.3. The number of hydrogen-bond acceptors (Lipinski definition) is 25. The van der Waals surface area contributed by atoms with Crippen LogP contribution in [0.1, 0.15) is 103 Å². The van der Waals surface area contributed by atoms with Crippen LogP contribution in [0, 0.1) is 34.9 Å². The molecule has 0 unspecified atom stereocenters. The molecule has 0 heterocycles. The van der Waals surface area contributed by atoms with Crippen molar-refractivity contribution >= 4 is 62.9 Å². The molecule has 2 amide bonds. The predicted octanol–water partition coefficient (Wildman–Crippen LogP) is 4.34. The van der Waals surface area contributed by atoms with Gasteiger partial charge in [-0.2, -0.15) is 0 Å². The first-order chi connectivity index (χ1) is 48.4. The number of carbonyl (C=O) groups excluding carboxylic acids is 2. The van der Waals surface area contributed by atoms with Crippen molar-refractivity contribution in [2.45, 2.75) is 134 Å². The molecule has 39 heteroatoms. The lowest BCUT2D eigenvalue weighted by Gasteiger charge is -2.25. The molecule has 4 rings (SSSR count). The number of halogens is 6. The molecule has 2 saturated carbocycles. The van der Waals surface area contributed by atoms with E-state index in [1.54, 1.807) is 0 Å². The average Bonchev–Trinajstić information content (AvgIpc) is 0.755. The maximum Gasteiger partial charge on any atom is 0.244 e. The number of carbonyl (C=O) groups is 2. The van der Waals surface area contributed by atoms with E-state index < -0.39 is 154 Å². The summed E-state index contributed by atoms with van der Waals surface area (Å²) in [7, 11) is -19.9. The quantitative estimate of drug-likeness (QED) is 0.0305. The summed E-state index contributed by atoms with van der Waals surface area (Å²) in [6, 6.07) is -1.10. The number of ether oxygens (including phenoxy) is 13. The van der Waals surface area contributed by atoms with E-state index in [0.717, 1.165) is 38.5 Å². The number of rotatable bonds is 56. The van der Waals surface area contributed by atoms with Gasteiger partial charge in [-0.25, -0.2) is 70.3 Å². The van der Waals surface area contributed by atoms with Crippen LogP contribution in [-0.4, -0.2) is 254 Å². The van der Waals surface area contributed by atoms with Crippen molar-refractivity contribution < 1.29 is 131 Å². The number of hydrogen-bond donors (Lipinski definition) is 6. The van der Waals surface area contributed by atoms with Crippen molar-refractivity contribution in [1.29, 1.82) is 0 Å². The van der Waals surface area contributed by atoms with Crippen molar-refractivity contribution in [3.8, 4) is 0 Å². The summed E-state index contributed by atoms with van der Waals surface area (Å²) >= 11 is 0. The molecule has 0 aliphatic heterocycles. The molecular formula is C62H102F6N6O23S4. The van der Waals surface area contributed by atoms with E-state index in [1.807, 2.05) is 0 Å². The van der Waals surface area contributed by atoms with Gasteiger partial charge in [-0.1, -0.05) is 64.2 Å². The van der Waals surface area contributed by atoms with Crippen LogP contribution in [0.4, 0.5) is 37.7 Å². The Hall–Kier alpha value is -4.24. The van der Waals surface area contributed by atoms with Crippen LogP contribution < -0.4 is 31.5 Å². The zero-order valence-corrected chi connectivity index (χ0v) is 60.4. The summed E-state index contributed by atoms with van der Waals surface area (Å²) in [5.74, 6) is -15.5. The molecule has 0 spiro atoms. The normalized spacial score (nSPS) is 14.9. The van der Waals surface area contributed by atoms with Crippen LogP contribution in [0.2, 0.25) is 0 Å². The number of nitrogens with two attached hydrogens (primary N) is 2. The van der Waals surface area contributed by atoms with E-state index in [9.17, 15) is 52.0 Å². The van der Waals surface area contributed by atoms with E-state index in [2.05, 4.69) is 21.3 Å². The third kappa shape index (κ3) is 35.6. The molecule has 29 nitrogen and oxygen atoms in total. The molecular weight excluding hydrogens is 1440 g/mol. The van der Waals surface area contributed by atoms with Crippen molar-refractivity contribution in [2.75, 3.05) is 207 Å². The Morgan fingerprint density at radius 3 is 0.723 bits per heavy atom. The monoisotopic (exact) mass is 1540 g/mol. The summed E-state index contributed by atoms with van der Waals surface area (Å²) in [6.07, 6.45) is 9.64. The summed E-state index contributed by atoms with van der Waals surface area (Å²) in [5, 5.41) is 19.9. The molecule has 0 atom stereocenters. The van der Waals surface area contributed by atoms with Crippen molar-refractivity contribution in [3.05, 3.63) is 34.9 Å². The average molecular weight is 1540 g/mol. The third-order valence-corrected chi connectivity index (χ3v) is 20.7. The smallest absolute Gasteiger partial charge is 0.244 e. The maximum absolute atomic E-state index is 15.6. The Morgan fingerprint density at radius 1 is 0.307 bits per heavy atom. The summed E-state index contributed by atoms with van der Waals surface area (Å²) in [5.41, 5.74) is -2.03. The van der Waals surface area contributed by atoms with Gasteiger partial charge in [-0.05, 0) is 25.7 Å². The molecule has 0 saturated heterocycles. The Labute approximate surface area is 588 Å². The highest BCUT2D eigenvalue weighted by atomic mass is 32.2. The second-order valence-corrected chi connectivity index (χ2v) is 30.3. The van der Waals surface area contributed by atoms with Crippen LogP contribution in [0.25, 0.3) is 0 Å². The first kappa shape index (κ1) is 89.2. The van der Waals surface area contributed by atoms with Crippen LogP contribution in [0.3, 0.4) is 0 Å². The lowest BCUT2D eigenvalue weighted by Crippen LogP contribution is -2.31. The van der Waals surface area contributed by atoms with Gasteiger partial charge in [-0.3, -0.25) is 9.59 Å². The van der Waals surface area contributed by atoms with Crippen LogP contribution >= 0.6 is 0 Å². The number of primary sulfonamides is 2. The minimum absolute atomic E-state index is 0.0397. The van der Waals surface area contributed by atoms with Crippen LogP contribution in [0.5, 0.6) is 0 Å². The Morgan fingerprint density at radius 2 is 0.505 bits per heavy atom. The van der Waals surface area contributed by atoms with Gasteiger partial charge in [0.2, 0.25) is 31.9 Å². The number of sulfonamides is 2. The van der Waals surface area contributed by atoms with Crippen molar-refractivity contribution in [1.82, 2.24) is 10.6 Å².